The lowest BCUT2D eigenvalue weighted by Crippen LogP contribution is -2.47. The van der Waals surface area contributed by atoms with Crippen LogP contribution in [0.1, 0.15) is 12.8 Å². The van der Waals surface area contributed by atoms with Crippen LogP contribution in [0.25, 0.3) is 0 Å². The molecule has 5 unspecified atom stereocenters. The Kier molecular flexibility index (Phi) is 2.03. The Morgan fingerprint density at radius 2 is 2.15 bits per heavy atom. The van der Waals surface area contributed by atoms with E-state index in [-0.39, 0.29) is 5.50 Å². The van der Waals surface area contributed by atoms with Crippen LogP contribution >= 0.6 is 11.8 Å². The van der Waals surface area contributed by atoms with Gasteiger partial charge in [0, 0.05) is 23.9 Å². The Morgan fingerprint density at radius 3 is 3.08 bits per heavy atom. The molecule has 0 amide bonds. The van der Waals surface area contributed by atoms with Crippen molar-refractivity contribution in [1.82, 2.24) is 16.2 Å². The van der Waals surface area contributed by atoms with Gasteiger partial charge in [-0.15, -0.1) is 11.8 Å². The Hall–Kier alpha value is 0.190. The van der Waals surface area contributed by atoms with Crippen molar-refractivity contribution in [3.63, 3.8) is 0 Å². The minimum absolute atomic E-state index is 0.168. The summed E-state index contributed by atoms with van der Waals surface area (Å²) in [5, 5.41) is 4.19. The number of nitrogens with one attached hydrogen (secondary N) is 3. The first-order valence-corrected chi connectivity index (χ1v) is 5.93. The molecule has 13 heavy (non-hydrogen) atoms. The number of rotatable bonds is 0. The van der Waals surface area contributed by atoms with Gasteiger partial charge in [-0.3, -0.25) is 16.2 Å². The molecular weight excluding hydrogens is 184 g/mol. The van der Waals surface area contributed by atoms with E-state index in [2.05, 4.69) is 16.2 Å². The third-order valence-corrected chi connectivity index (χ3v) is 4.71. The van der Waals surface area contributed by atoms with Crippen molar-refractivity contribution in [3.05, 3.63) is 0 Å². The zero-order valence-corrected chi connectivity index (χ0v) is 8.31. The van der Waals surface area contributed by atoms with E-state index in [9.17, 15) is 0 Å². The SMILES string of the molecule is NC1NC2CC3NNCC3CC2S1. The highest BCUT2D eigenvalue weighted by Gasteiger charge is 2.43. The van der Waals surface area contributed by atoms with E-state index in [0.29, 0.717) is 12.1 Å². The molecule has 0 aromatic rings. The molecule has 0 bridgehead atoms. The first-order valence-electron chi connectivity index (χ1n) is 4.98. The predicted molar refractivity (Wildman–Crippen MR) is 53.9 cm³/mol. The van der Waals surface area contributed by atoms with Gasteiger partial charge >= 0.3 is 0 Å². The second-order valence-corrected chi connectivity index (χ2v) is 5.62. The molecule has 4 nitrogen and oxygen atoms in total. The first kappa shape index (κ1) is 8.49. The van der Waals surface area contributed by atoms with Gasteiger partial charge in [-0.2, -0.15) is 0 Å². The van der Waals surface area contributed by atoms with Crippen molar-refractivity contribution in [3.8, 4) is 0 Å². The number of hydrazine groups is 1. The van der Waals surface area contributed by atoms with Crippen molar-refractivity contribution in [2.75, 3.05) is 6.54 Å². The van der Waals surface area contributed by atoms with Gasteiger partial charge in [0.05, 0.1) is 0 Å². The van der Waals surface area contributed by atoms with Crippen LogP contribution in [0.3, 0.4) is 0 Å². The molecule has 0 radical (unpaired) electrons. The summed E-state index contributed by atoms with van der Waals surface area (Å²) in [7, 11) is 0. The van der Waals surface area contributed by atoms with Gasteiger partial charge in [-0.05, 0) is 18.8 Å². The second kappa shape index (κ2) is 3.10. The summed E-state index contributed by atoms with van der Waals surface area (Å²) >= 11 is 1.91. The van der Waals surface area contributed by atoms with E-state index in [1.165, 1.54) is 12.8 Å². The normalized spacial score (nSPS) is 54.7. The number of thioether (sulfide) groups is 1. The van der Waals surface area contributed by atoms with Crippen LogP contribution in [0.2, 0.25) is 0 Å². The molecule has 2 saturated heterocycles. The van der Waals surface area contributed by atoms with Gasteiger partial charge in [0.15, 0.2) is 0 Å². The monoisotopic (exact) mass is 200 g/mol. The summed E-state index contributed by atoms with van der Waals surface area (Å²) in [6.07, 6.45) is 2.53. The Bertz CT molecular complexity index is 192. The smallest absolute Gasteiger partial charge is 0.103 e. The van der Waals surface area contributed by atoms with Crippen LogP contribution in [0.5, 0.6) is 0 Å². The number of hydrogen-bond donors (Lipinski definition) is 4. The Morgan fingerprint density at radius 1 is 1.23 bits per heavy atom. The molecule has 5 N–H and O–H groups in total. The van der Waals surface area contributed by atoms with Crippen LogP contribution < -0.4 is 21.9 Å². The van der Waals surface area contributed by atoms with Crippen LogP contribution in [0.15, 0.2) is 0 Å². The highest BCUT2D eigenvalue weighted by Crippen LogP contribution is 2.38. The zero-order chi connectivity index (χ0) is 8.84. The van der Waals surface area contributed by atoms with Crippen molar-refractivity contribution >= 4 is 11.8 Å². The first-order chi connectivity index (χ1) is 6.33. The van der Waals surface area contributed by atoms with E-state index in [0.717, 1.165) is 17.7 Å². The van der Waals surface area contributed by atoms with E-state index in [1.807, 2.05) is 11.8 Å². The third kappa shape index (κ3) is 1.39. The van der Waals surface area contributed by atoms with Crippen LogP contribution in [0.4, 0.5) is 0 Å². The van der Waals surface area contributed by atoms with Crippen LogP contribution in [-0.2, 0) is 0 Å². The molecule has 1 aliphatic carbocycles. The average Bonchev–Trinajstić information content (AvgIpc) is 2.63. The molecule has 2 aliphatic heterocycles. The quantitative estimate of drug-likeness (QED) is 0.412. The maximum Gasteiger partial charge on any atom is 0.103 e. The fraction of sp³-hybridized carbons (Fsp3) is 1.00. The number of hydrogen-bond acceptors (Lipinski definition) is 5. The second-order valence-electron chi connectivity index (χ2n) is 4.23. The number of fused-ring (bicyclic) bond motifs is 2. The lowest BCUT2D eigenvalue weighted by atomic mass is 9.83. The molecule has 3 rings (SSSR count). The summed E-state index contributed by atoms with van der Waals surface area (Å²) in [4.78, 5) is 0. The maximum absolute atomic E-state index is 5.86. The molecule has 74 valence electrons. The van der Waals surface area contributed by atoms with Crippen LogP contribution in [-0.4, -0.2) is 29.4 Å². The third-order valence-electron chi connectivity index (χ3n) is 3.41. The van der Waals surface area contributed by atoms with Gasteiger partial charge < -0.3 is 5.73 Å². The van der Waals surface area contributed by atoms with E-state index in [4.69, 9.17) is 5.73 Å². The maximum atomic E-state index is 5.86. The molecule has 0 spiro atoms. The highest BCUT2D eigenvalue weighted by atomic mass is 32.2. The number of nitrogens with two attached hydrogens (primary N) is 1. The lowest BCUT2D eigenvalue weighted by Gasteiger charge is -2.32. The summed E-state index contributed by atoms with van der Waals surface area (Å²) in [6.45, 7) is 1.13. The van der Waals surface area contributed by atoms with Crippen molar-refractivity contribution in [1.29, 1.82) is 0 Å². The predicted octanol–water partition coefficient (Wildman–Crippen LogP) is -0.811. The standard InChI is InChI=1S/C8H16N4S/c9-8-11-6-2-5-4(3-10-12-5)1-7(6)13-8/h4-8,10-12H,1-3,9H2. The van der Waals surface area contributed by atoms with Crippen molar-refractivity contribution in [2.24, 2.45) is 11.7 Å². The Labute approximate surface area is 82.4 Å². The highest BCUT2D eigenvalue weighted by molar-refractivity contribution is 8.00. The molecule has 1 saturated carbocycles. The van der Waals surface area contributed by atoms with E-state index >= 15 is 0 Å². The van der Waals surface area contributed by atoms with Gasteiger partial charge in [-0.25, -0.2) is 0 Å². The molecule has 3 fully saturated rings. The average molecular weight is 200 g/mol. The summed E-state index contributed by atoms with van der Waals surface area (Å²) < 4.78 is 0. The largest absolute Gasteiger partial charge is 0.307 e. The fourth-order valence-electron chi connectivity index (χ4n) is 2.73. The van der Waals surface area contributed by atoms with Gasteiger partial charge in [-0.1, -0.05) is 0 Å². The van der Waals surface area contributed by atoms with Crippen molar-refractivity contribution in [2.45, 2.75) is 35.7 Å². The zero-order valence-electron chi connectivity index (χ0n) is 7.49. The molecule has 0 aromatic heterocycles. The summed E-state index contributed by atoms with van der Waals surface area (Å²) in [6, 6.07) is 1.30. The van der Waals surface area contributed by atoms with E-state index < -0.39 is 0 Å². The molecule has 3 aliphatic rings. The molecular formula is C8H16N4S. The lowest BCUT2D eigenvalue weighted by molar-refractivity contribution is 0.290. The van der Waals surface area contributed by atoms with Crippen molar-refractivity contribution < 1.29 is 0 Å². The summed E-state index contributed by atoms with van der Waals surface area (Å²) in [5.74, 6) is 0.820. The topological polar surface area (TPSA) is 62.1 Å². The molecule has 5 heteroatoms. The molecule has 5 atom stereocenters. The van der Waals surface area contributed by atoms with Crippen LogP contribution in [0, 0.1) is 5.92 Å². The van der Waals surface area contributed by atoms with E-state index in [1.54, 1.807) is 0 Å². The van der Waals surface area contributed by atoms with Gasteiger partial charge in [0.25, 0.3) is 0 Å². The van der Waals surface area contributed by atoms with Gasteiger partial charge in [0.2, 0.25) is 0 Å². The van der Waals surface area contributed by atoms with Gasteiger partial charge in [0.1, 0.15) is 5.50 Å². The summed E-state index contributed by atoms with van der Waals surface area (Å²) in [5.41, 5.74) is 12.6. The fourth-order valence-corrected chi connectivity index (χ4v) is 4.10. The minimum Gasteiger partial charge on any atom is -0.307 e. The molecule has 2 heterocycles. The molecule has 0 aromatic carbocycles. The Balaban J connectivity index is 1.73. The minimum atomic E-state index is 0.168.